The summed E-state index contributed by atoms with van der Waals surface area (Å²) in [7, 11) is 0. The Balaban J connectivity index is 0.962. The summed E-state index contributed by atoms with van der Waals surface area (Å²) in [6.07, 6.45) is -109. The first-order valence-corrected chi connectivity index (χ1v) is 44.6. The molecular formula is C78H128N6O57. The van der Waals surface area contributed by atoms with Crippen molar-refractivity contribution < 1.29 is 281 Å². The van der Waals surface area contributed by atoms with E-state index in [4.69, 9.17) is 99.5 Å². The van der Waals surface area contributed by atoms with E-state index in [1.807, 2.05) is 0 Å². The zero-order chi connectivity index (χ0) is 104. The van der Waals surface area contributed by atoms with Crippen LogP contribution >= 0.6 is 0 Å². The van der Waals surface area contributed by atoms with Gasteiger partial charge in [-0.3, -0.25) is 28.8 Å². The Labute approximate surface area is 797 Å². The summed E-state index contributed by atoms with van der Waals surface area (Å²) in [6.45, 7) is -6.39. The summed E-state index contributed by atoms with van der Waals surface area (Å²) < 4.78 is 126. The van der Waals surface area contributed by atoms with Gasteiger partial charge in [-0.15, -0.1) is 0 Å². The van der Waals surface area contributed by atoms with Gasteiger partial charge < -0.3 is 279 Å². The van der Waals surface area contributed by atoms with Crippen LogP contribution in [0, 0.1) is 0 Å². The molecule has 0 aromatic rings. The molecule has 11 aliphatic heterocycles. The molecule has 812 valence electrons. The highest BCUT2D eigenvalue weighted by molar-refractivity contribution is 5.76. The Morgan fingerprint density at radius 2 is 0.454 bits per heavy atom. The number of nitrogens with one attached hydrogen (secondary N) is 6. The molecule has 0 spiro atoms. The molecule has 63 nitrogen and oxygen atoms in total. The van der Waals surface area contributed by atoms with Crippen LogP contribution in [-0.2, 0) is 133 Å². The van der Waals surface area contributed by atoms with Crippen LogP contribution in [0.4, 0.5) is 0 Å². The standard InChI is InChI=1S/C78H128N6O57/c1-17(93)79-33-48(108)58(27(11-89)123-68(33)120)133-73-38(84-22(6)98)50(110)60(29(13-91)129-73)136-76-57(117)63(138-78-66(141-72-36(82-20(4)96)47(107)41(101)25(9-87)126-72)55(115)61(30(14-92)130-78)134-70-34(80-18(2)94)45(105)39(99)23(7-85)124-70)44(104)32(131-76)16-122-77-65(140-71-35(81-19(3)95)46(106)40(100)24(8-86)125-71)52(112)42(102)31(132-77)15-121-69-37(83-21(5)97)49(109)59(28(12-90)128-69)135-75-56(116)62(43(103)26(10-88)127-75)137-74-54(114)51(111)53(113)64(139-74)67(118)119/h23-66,68-78,85-92,99-117,120H,7-16H2,1-6H3,(H,79,93)(H,80,94)(H,81,95)(H,82,96)(H,83,97)(H,84,98)(H,118,119)/t23-,24-,25-,26-,27-,28-,29-,30-,31-,32-,33-,34-,35-,36+,37-,38-,39-,40-,41-,42-,43+,44-,45-,46-,47-,48-,49-,50-,51+,52+,53+,54-,55+,56-,57+,58-,59-,60-,61-,62+,63+,64+,65+,66+,68-,69-,70+,71+,72+,73+,74-,75+,76+,77+,78-/m1/s1. The van der Waals surface area contributed by atoms with E-state index in [0.717, 1.165) is 41.5 Å². The van der Waals surface area contributed by atoms with E-state index >= 15 is 0 Å². The number of carbonyl (C=O) groups is 7. The third kappa shape index (κ3) is 26.1. The Hall–Kier alpha value is -5.67. The zero-order valence-corrected chi connectivity index (χ0v) is 75.7. The van der Waals surface area contributed by atoms with Gasteiger partial charge in [-0.05, 0) is 0 Å². The van der Waals surface area contributed by atoms with Crippen molar-refractivity contribution in [2.75, 3.05) is 66.1 Å². The molecule has 11 saturated heterocycles. The van der Waals surface area contributed by atoms with Gasteiger partial charge in [0.25, 0.3) is 0 Å². The fourth-order valence-electron chi connectivity index (χ4n) is 18.1. The first-order valence-electron chi connectivity index (χ1n) is 44.6. The van der Waals surface area contributed by atoms with Crippen LogP contribution in [0.15, 0.2) is 0 Å². The van der Waals surface area contributed by atoms with Crippen molar-refractivity contribution in [1.82, 2.24) is 31.9 Å². The number of amides is 6. The topological polar surface area (TPSA) is 972 Å². The van der Waals surface area contributed by atoms with E-state index in [0.29, 0.717) is 0 Å². The van der Waals surface area contributed by atoms with Gasteiger partial charge in [-0.25, -0.2) is 4.79 Å². The molecule has 11 heterocycles. The number of hydrogen-bond acceptors (Lipinski definition) is 56. The van der Waals surface area contributed by atoms with Gasteiger partial charge in [0, 0.05) is 41.5 Å². The van der Waals surface area contributed by atoms with E-state index in [2.05, 4.69) is 31.9 Å². The molecule has 11 aliphatic rings. The molecule has 0 saturated carbocycles. The number of aliphatic hydroxyl groups is 28. The van der Waals surface area contributed by atoms with Gasteiger partial charge in [0.1, 0.15) is 262 Å². The first-order chi connectivity index (χ1) is 66.6. The summed E-state index contributed by atoms with van der Waals surface area (Å²) in [5.41, 5.74) is 0. The summed E-state index contributed by atoms with van der Waals surface area (Å²) in [6, 6.07) is -11.5. The number of carbonyl (C=O) groups excluding carboxylic acids is 6. The molecule has 0 aromatic carbocycles. The number of carboxylic acid groups (broad SMARTS) is 1. The lowest BCUT2D eigenvalue weighted by molar-refractivity contribution is -0.403. The number of ether oxygens (including phenoxy) is 21. The second-order valence-corrected chi connectivity index (χ2v) is 35.3. The van der Waals surface area contributed by atoms with Crippen molar-refractivity contribution in [3.05, 3.63) is 0 Å². The largest absolute Gasteiger partial charge is 0.479 e. The van der Waals surface area contributed by atoms with Gasteiger partial charge >= 0.3 is 5.97 Å². The SMILES string of the molecule is CC(=O)N[C@@H]1[C@H](O[C@@H]2[C@@H](O[C@@H]3[C@H](O)[C@H](O[C@H]4[C@H](O)[C@@H](NC(C)=O)[C@H](O[C@H]5[C@H](O)[C@@H](NC(C)=O)[C@H](O)O[C@@H]5CO)O[C@@H]4CO)O[C@H](CO[C@H]4O[C@H](CO[C@@H]5O[C@H](CO)[C@@H](O[C@@H]6O[C@H](CO)[C@H](O)[C@H](O[C@@H]7O[C@H](C(=O)O)[C@@H](O)[C@H](O)[C@H]7O)[C@H]6O)[C@H](O)[C@H]5NC(C)=O)[C@@H](O)[C@H](O)[C@@H]4O[C@@H]4O[C@H](CO)[C@@H](O)[C@H](O)[C@H]4NC(C)=O)[C@H]3O)O[C@H](CO)[C@@H](O[C@@H]3O[C@H](CO)[C@@H](O)[C@H](O)[C@H]3NC(C)=O)[C@@H]2O)O[C@H](CO)[C@@H](O)[C@@H]1O. The number of aliphatic carboxylic acids is 1. The monoisotopic (exact) mass is 2060 g/mol. The van der Waals surface area contributed by atoms with Gasteiger partial charge in [0.2, 0.25) is 35.4 Å². The number of carboxylic acids is 1. The number of aliphatic hydroxyl groups excluding tert-OH is 28. The van der Waals surface area contributed by atoms with Crippen LogP contribution < -0.4 is 31.9 Å². The van der Waals surface area contributed by atoms with Gasteiger partial charge in [0.05, 0.1) is 66.1 Å². The lowest BCUT2D eigenvalue weighted by atomic mass is 9.93. The van der Waals surface area contributed by atoms with Crippen molar-refractivity contribution in [3.8, 4) is 0 Å². The summed E-state index contributed by atoms with van der Waals surface area (Å²) in [4.78, 5) is 89.2. The smallest absolute Gasteiger partial charge is 0.335 e. The van der Waals surface area contributed by atoms with Crippen LogP contribution in [0.25, 0.3) is 0 Å². The Bertz CT molecular complexity index is 4010. The van der Waals surface area contributed by atoms with E-state index in [-0.39, 0.29) is 0 Å². The van der Waals surface area contributed by atoms with Gasteiger partial charge in [-0.2, -0.15) is 0 Å². The normalized spacial score (nSPS) is 47.8. The van der Waals surface area contributed by atoms with Crippen molar-refractivity contribution >= 4 is 41.4 Å². The van der Waals surface area contributed by atoms with Gasteiger partial charge in [0.15, 0.2) is 75.3 Å². The van der Waals surface area contributed by atoms with Crippen molar-refractivity contribution in [1.29, 1.82) is 0 Å². The lowest BCUT2D eigenvalue weighted by Crippen LogP contribution is -2.71. The quantitative estimate of drug-likeness (QED) is 0.0275. The molecule has 141 heavy (non-hydrogen) atoms. The minimum Gasteiger partial charge on any atom is -0.479 e. The average molecular weight is 2060 g/mol. The minimum absolute atomic E-state index is 0.833. The first kappa shape index (κ1) is 116. The van der Waals surface area contributed by atoms with E-state index in [1.165, 1.54) is 0 Å². The van der Waals surface area contributed by atoms with Crippen LogP contribution in [0.5, 0.6) is 0 Å². The van der Waals surface area contributed by atoms with Crippen LogP contribution in [0.2, 0.25) is 0 Å². The predicted molar refractivity (Wildman–Crippen MR) is 432 cm³/mol. The second-order valence-electron chi connectivity index (χ2n) is 35.3. The molecule has 11 rings (SSSR count). The zero-order valence-electron chi connectivity index (χ0n) is 75.7. The molecule has 0 bridgehead atoms. The Morgan fingerprint density at radius 1 is 0.206 bits per heavy atom. The highest BCUT2D eigenvalue weighted by Gasteiger charge is 2.63. The molecule has 0 aliphatic carbocycles. The predicted octanol–water partition coefficient (Wildman–Crippen LogP) is -24.0. The highest BCUT2D eigenvalue weighted by Crippen LogP contribution is 2.42. The van der Waals surface area contributed by atoms with E-state index in [1.54, 1.807) is 0 Å². The summed E-state index contributed by atoms with van der Waals surface area (Å²) in [5, 5.41) is 342. The molecule has 63 heteroatoms. The van der Waals surface area contributed by atoms with E-state index in [9.17, 15) is 182 Å². The molecule has 55 atom stereocenters. The Morgan fingerprint density at radius 3 is 0.844 bits per heavy atom. The molecule has 0 aromatic heterocycles. The fraction of sp³-hybridized carbons (Fsp3) is 0.910. The van der Waals surface area contributed by atoms with Crippen molar-refractivity contribution in [2.45, 2.75) is 379 Å². The summed E-state index contributed by atoms with van der Waals surface area (Å²) >= 11 is 0. The van der Waals surface area contributed by atoms with E-state index < -0.39 is 445 Å². The lowest BCUT2D eigenvalue weighted by Gasteiger charge is -2.51. The van der Waals surface area contributed by atoms with Crippen molar-refractivity contribution in [2.24, 2.45) is 0 Å². The van der Waals surface area contributed by atoms with Crippen LogP contribution in [0.1, 0.15) is 41.5 Å². The molecule has 6 amide bonds. The molecule has 0 radical (unpaired) electrons. The molecule has 0 unspecified atom stereocenters. The maximum atomic E-state index is 13.2. The minimum atomic E-state index is -2.73. The second kappa shape index (κ2) is 50.6. The maximum Gasteiger partial charge on any atom is 0.335 e. The van der Waals surface area contributed by atoms with Crippen molar-refractivity contribution in [3.63, 3.8) is 0 Å². The highest BCUT2D eigenvalue weighted by atomic mass is 16.8. The maximum absolute atomic E-state index is 13.2. The average Bonchev–Trinajstić information content (AvgIpc) is 0.753. The number of hydrogen-bond donors (Lipinski definition) is 35. The van der Waals surface area contributed by atoms with Crippen LogP contribution in [0.3, 0.4) is 0 Å². The fourth-order valence-corrected chi connectivity index (χ4v) is 18.1. The number of rotatable bonds is 37. The third-order valence-electron chi connectivity index (χ3n) is 25.3. The Kier molecular flexibility index (Phi) is 41.5. The molecule has 11 fully saturated rings. The van der Waals surface area contributed by atoms with Crippen LogP contribution in [-0.4, -0.2) is 593 Å². The summed E-state index contributed by atoms with van der Waals surface area (Å²) in [5.74, 6) is -7.57. The molecule has 35 N–H and O–H groups in total. The molecular weight excluding hydrogens is 1930 g/mol. The van der Waals surface area contributed by atoms with Gasteiger partial charge in [-0.1, -0.05) is 0 Å². The third-order valence-corrected chi connectivity index (χ3v) is 25.3.